The van der Waals surface area contributed by atoms with Crippen LogP contribution in [0.15, 0.2) is 48.5 Å². The highest BCUT2D eigenvalue weighted by atomic mass is 32.2. The van der Waals surface area contributed by atoms with E-state index in [4.69, 9.17) is 8.37 Å². The van der Waals surface area contributed by atoms with Gasteiger partial charge in [0.05, 0.1) is 11.5 Å². The molecule has 0 aliphatic carbocycles. The van der Waals surface area contributed by atoms with Crippen LogP contribution in [-0.2, 0) is 20.2 Å². The molecule has 0 aliphatic rings. The van der Waals surface area contributed by atoms with Crippen molar-refractivity contribution in [2.24, 2.45) is 0 Å². The van der Waals surface area contributed by atoms with E-state index >= 15 is 0 Å². The van der Waals surface area contributed by atoms with E-state index in [0.717, 1.165) is 11.1 Å². The van der Waals surface area contributed by atoms with Crippen LogP contribution in [0, 0.1) is 13.8 Å². The molecule has 2 aromatic carbocycles. The van der Waals surface area contributed by atoms with Gasteiger partial charge >= 0.3 is 20.2 Å². The molecule has 136 valence electrons. The molecule has 0 aromatic heterocycles. The summed E-state index contributed by atoms with van der Waals surface area (Å²) in [7, 11) is -7.74. The summed E-state index contributed by atoms with van der Waals surface area (Å²) >= 11 is 0. The molecule has 0 radical (unpaired) electrons. The van der Waals surface area contributed by atoms with Crippen LogP contribution >= 0.6 is 0 Å². The number of hydrogen-bond donors (Lipinski definition) is 0. The molecule has 0 saturated heterocycles. The topological polar surface area (TPSA) is 86.7 Å². The minimum atomic E-state index is -3.87. The van der Waals surface area contributed by atoms with E-state index < -0.39 is 31.7 Å². The Kier molecular flexibility index (Phi) is 6.07. The molecule has 0 unspecified atom stereocenters. The zero-order chi connectivity index (χ0) is 18.5. The normalized spacial score (nSPS) is 11.9. The Morgan fingerprint density at radius 2 is 0.960 bits per heavy atom. The number of rotatable bonds is 8. The molecule has 25 heavy (non-hydrogen) atoms. The van der Waals surface area contributed by atoms with Crippen LogP contribution in [0.3, 0.4) is 0 Å². The molecule has 2 aromatic rings. The SMILES string of the molecule is Cc1ccc(OS(=O)(=O)CCCS(=O)(=O)Oc2ccc(C)cc2)cc1. The van der Waals surface area contributed by atoms with Crippen LogP contribution in [-0.4, -0.2) is 28.3 Å². The van der Waals surface area contributed by atoms with Crippen molar-refractivity contribution < 1.29 is 25.2 Å². The molecule has 2 rings (SSSR count). The molecule has 0 fully saturated rings. The van der Waals surface area contributed by atoms with Crippen molar-refractivity contribution in [1.29, 1.82) is 0 Å². The quantitative estimate of drug-likeness (QED) is 0.651. The van der Waals surface area contributed by atoms with Gasteiger partial charge in [0.2, 0.25) is 0 Å². The van der Waals surface area contributed by atoms with Crippen LogP contribution < -0.4 is 8.37 Å². The summed E-state index contributed by atoms with van der Waals surface area (Å²) in [6.45, 7) is 3.74. The first kappa shape index (κ1) is 19.3. The first-order chi connectivity index (χ1) is 11.7. The Morgan fingerprint density at radius 1 is 0.640 bits per heavy atom. The minimum Gasteiger partial charge on any atom is -0.382 e. The average Bonchev–Trinajstić information content (AvgIpc) is 2.51. The number of aryl methyl sites for hydroxylation is 2. The Morgan fingerprint density at radius 3 is 1.28 bits per heavy atom. The Bertz CT molecular complexity index is 821. The molecular weight excluding hydrogens is 364 g/mol. The molecule has 0 aliphatic heterocycles. The van der Waals surface area contributed by atoms with Gasteiger partial charge in [-0.1, -0.05) is 35.4 Å². The Balaban J connectivity index is 1.87. The first-order valence-electron chi connectivity index (χ1n) is 7.63. The maximum absolute atomic E-state index is 11.9. The lowest BCUT2D eigenvalue weighted by Gasteiger charge is -2.09. The fourth-order valence-corrected chi connectivity index (χ4v) is 4.13. The van der Waals surface area contributed by atoms with E-state index in [9.17, 15) is 16.8 Å². The lowest BCUT2D eigenvalue weighted by molar-refractivity contribution is 0.479. The third-order valence-electron chi connectivity index (χ3n) is 3.28. The maximum Gasteiger partial charge on any atom is 0.309 e. The van der Waals surface area contributed by atoms with Gasteiger partial charge in [-0.05, 0) is 44.5 Å². The van der Waals surface area contributed by atoms with Crippen molar-refractivity contribution in [3.63, 3.8) is 0 Å². The molecule has 0 heterocycles. The predicted molar refractivity (Wildman–Crippen MR) is 95.8 cm³/mol. The van der Waals surface area contributed by atoms with E-state index in [2.05, 4.69) is 0 Å². The molecule has 0 N–H and O–H groups in total. The number of benzene rings is 2. The molecule has 6 nitrogen and oxygen atoms in total. The van der Waals surface area contributed by atoms with E-state index in [1.807, 2.05) is 13.8 Å². The van der Waals surface area contributed by atoms with Gasteiger partial charge in [-0.3, -0.25) is 0 Å². The highest BCUT2D eigenvalue weighted by Crippen LogP contribution is 2.16. The fourth-order valence-electron chi connectivity index (χ4n) is 1.98. The molecule has 0 amide bonds. The van der Waals surface area contributed by atoms with Gasteiger partial charge < -0.3 is 8.37 Å². The van der Waals surface area contributed by atoms with E-state index in [1.54, 1.807) is 48.5 Å². The summed E-state index contributed by atoms with van der Waals surface area (Å²) in [6.07, 6.45) is -0.123. The van der Waals surface area contributed by atoms with Gasteiger partial charge in [-0.2, -0.15) is 16.8 Å². The average molecular weight is 384 g/mol. The molecule has 0 bridgehead atoms. The molecule has 0 saturated carbocycles. The van der Waals surface area contributed by atoms with Gasteiger partial charge in [-0.25, -0.2) is 0 Å². The monoisotopic (exact) mass is 384 g/mol. The van der Waals surface area contributed by atoms with E-state index in [0.29, 0.717) is 0 Å². The third kappa shape index (κ3) is 6.75. The fraction of sp³-hybridized carbons (Fsp3) is 0.294. The second kappa shape index (κ2) is 7.88. The van der Waals surface area contributed by atoms with E-state index in [-0.39, 0.29) is 17.9 Å². The van der Waals surface area contributed by atoms with Crippen molar-refractivity contribution in [3.8, 4) is 11.5 Å². The molecule has 8 heteroatoms. The van der Waals surface area contributed by atoms with Crippen LogP contribution in [0.4, 0.5) is 0 Å². The second-order valence-electron chi connectivity index (χ2n) is 5.67. The van der Waals surface area contributed by atoms with Gasteiger partial charge in [-0.15, -0.1) is 0 Å². The predicted octanol–water partition coefficient (Wildman–Crippen LogP) is 2.81. The van der Waals surface area contributed by atoms with Crippen LogP contribution in [0.5, 0.6) is 11.5 Å². The summed E-state index contributed by atoms with van der Waals surface area (Å²) in [5.74, 6) is -0.442. The van der Waals surface area contributed by atoms with Gasteiger partial charge in [0.1, 0.15) is 11.5 Å². The number of hydrogen-bond acceptors (Lipinski definition) is 6. The smallest absolute Gasteiger partial charge is 0.309 e. The summed E-state index contributed by atoms with van der Waals surface area (Å²) in [6, 6.07) is 13.1. The molecular formula is C17H20O6S2. The van der Waals surface area contributed by atoms with E-state index in [1.165, 1.54) is 0 Å². The lowest BCUT2D eigenvalue weighted by atomic mass is 10.2. The lowest BCUT2D eigenvalue weighted by Crippen LogP contribution is -2.19. The van der Waals surface area contributed by atoms with Crippen molar-refractivity contribution in [1.82, 2.24) is 0 Å². The largest absolute Gasteiger partial charge is 0.382 e. The Labute approximate surface area is 148 Å². The van der Waals surface area contributed by atoms with Crippen molar-refractivity contribution in [2.75, 3.05) is 11.5 Å². The summed E-state index contributed by atoms with van der Waals surface area (Å²) in [4.78, 5) is 0. The highest BCUT2D eigenvalue weighted by Gasteiger charge is 2.18. The zero-order valence-corrected chi connectivity index (χ0v) is 15.6. The Hall–Kier alpha value is -2.06. The van der Waals surface area contributed by atoms with Crippen molar-refractivity contribution in [3.05, 3.63) is 59.7 Å². The summed E-state index contributed by atoms with van der Waals surface area (Å²) < 4.78 is 57.5. The van der Waals surface area contributed by atoms with Gasteiger partial charge in [0.15, 0.2) is 0 Å². The maximum atomic E-state index is 11.9. The summed E-state index contributed by atoms with van der Waals surface area (Å²) in [5, 5.41) is 0. The standard InChI is InChI=1S/C17H20O6S2/c1-14-4-8-16(9-5-14)22-24(18,19)12-3-13-25(20,21)23-17-10-6-15(2)7-11-17/h4-11H,3,12-13H2,1-2H3. The molecule has 0 spiro atoms. The van der Waals surface area contributed by atoms with Gasteiger partial charge in [0, 0.05) is 0 Å². The van der Waals surface area contributed by atoms with Crippen molar-refractivity contribution >= 4 is 20.2 Å². The molecule has 0 atom stereocenters. The van der Waals surface area contributed by atoms with Gasteiger partial charge in [0.25, 0.3) is 0 Å². The first-order valence-corrected chi connectivity index (χ1v) is 10.8. The zero-order valence-electron chi connectivity index (χ0n) is 14.0. The second-order valence-corrected chi connectivity index (χ2v) is 9.05. The highest BCUT2D eigenvalue weighted by molar-refractivity contribution is 7.88. The van der Waals surface area contributed by atoms with Crippen LogP contribution in [0.25, 0.3) is 0 Å². The van der Waals surface area contributed by atoms with Crippen molar-refractivity contribution in [2.45, 2.75) is 20.3 Å². The van der Waals surface area contributed by atoms with Crippen LogP contribution in [0.2, 0.25) is 0 Å². The van der Waals surface area contributed by atoms with Crippen LogP contribution in [0.1, 0.15) is 17.5 Å². The third-order valence-corrected chi connectivity index (χ3v) is 5.75. The summed E-state index contributed by atoms with van der Waals surface area (Å²) in [5.41, 5.74) is 1.95. The minimum absolute atomic E-state index is 0.123.